The third-order valence-corrected chi connectivity index (χ3v) is 16.3. The molecule has 440 valence electrons. The molecule has 0 spiro atoms. The van der Waals surface area contributed by atoms with Crippen LogP contribution in [0.5, 0.6) is 0 Å². The van der Waals surface area contributed by atoms with E-state index in [1.54, 1.807) is 22.7 Å². The molecule has 7 heterocycles. The lowest BCUT2D eigenvalue weighted by molar-refractivity contribution is 0.501. The molecule has 0 amide bonds. The summed E-state index contributed by atoms with van der Waals surface area (Å²) < 4.78 is 27.0. The number of rotatable bonds is 7. The van der Waals surface area contributed by atoms with Gasteiger partial charge in [0.25, 0.3) is 0 Å². The largest absolute Gasteiger partial charge is 0.461 e. The molecule has 14 rings (SSSR count). The minimum Gasteiger partial charge on any atom is -0.461 e. The fourth-order valence-electron chi connectivity index (χ4n) is 8.80. The molecule has 0 fully saturated rings. The molecule has 0 saturated carbocycles. The second kappa shape index (κ2) is 29.6. The van der Waals surface area contributed by atoms with Crippen LogP contribution in [0.3, 0.4) is 0 Å². The summed E-state index contributed by atoms with van der Waals surface area (Å²) in [5.74, 6) is 8.15. The molecule has 0 aliphatic rings. The summed E-state index contributed by atoms with van der Waals surface area (Å²) in [6, 6.07) is 60.9. The van der Waals surface area contributed by atoms with Gasteiger partial charge in [0.15, 0.2) is 22.9 Å². The number of furan rings is 2. The molecule has 10 nitrogen and oxygen atoms in total. The molecule has 0 atom stereocenters. The zero-order chi connectivity index (χ0) is 60.7. The predicted octanol–water partition coefficient (Wildman–Crippen LogP) is 22.6. The number of fused-ring (bicyclic) bond motifs is 7. The van der Waals surface area contributed by atoms with Crippen molar-refractivity contribution in [3.05, 3.63) is 221 Å². The number of nitrogens with zero attached hydrogens (tertiary/aromatic N) is 6. The summed E-state index contributed by atoms with van der Waals surface area (Å²) in [5.41, 5.74) is 10.2. The Bertz CT molecular complexity index is 3510. The summed E-state index contributed by atoms with van der Waals surface area (Å²) in [6.45, 7) is 29.9. The van der Waals surface area contributed by atoms with Crippen LogP contribution in [0.25, 0.3) is 75.6 Å². The third kappa shape index (κ3) is 16.8. The molecule has 0 N–H and O–H groups in total. The van der Waals surface area contributed by atoms with Crippen LogP contribution in [0.15, 0.2) is 200 Å². The van der Waals surface area contributed by atoms with E-state index in [2.05, 4.69) is 206 Å². The van der Waals surface area contributed by atoms with Crippen molar-refractivity contribution in [2.45, 2.75) is 138 Å². The molecule has 85 heavy (non-hydrogen) atoms. The van der Waals surface area contributed by atoms with Gasteiger partial charge in [-0.25, -0.2) is 24.9 Å². The van der Waals surface area contributed by atoms with Crippen LogP contribution >= 0.6 is 22.7 Å². The van der Waals surface area contributed by atoms with Gasteiger partial charge < -0.3 is 22.2 Å². The van der Waals surface area contributed by atoms with E-state index in [0.29, 0.717) is 41.4 Å². The number of thiazole rings is 2. The lowest BCUT2D eigenvalue weighted by Gasteiger charge is -2.04. The van der Waals surface area contributed by atoms with Crippen LogP contribution in [0.1, 0.15) is 177 Å². The Labute approximate surface area is 509 Å². The first-order chi connectivity index (χ1) is 40.8. The van der Waals surface area contributed by atoms with Crippen LogP contribution in [0, 0.1) is 0 Å². The van der Waals surface area contributed by atoms with Gasteiger partial charge in [0, 0.05) is 59.2 Å². The van der Waals surface area contributed by atoms with Crippen molar-refractivity contribution in [3.8, 4) is 0 Å². The van der Waals surface area contributed by atoms with E-state index in [-0.39, 0.29) is 0 Å². The van der Waals surface area contributed by atoms with Crippen LogP contribution < -0.4 is 0 Å². The third-order valence-electron chi connectivity index (χ3n) is 13.6. The SMILES string of the molecule is CC(C)c1cc2ccccc2o1.CC(C)c1cc2ccccc2o1.CC(C)c1nc2ccccc2n1C.CC(C)c1nc2ccccc2o1.CC(C)c1nc2ccccc2o1.CC(C)c1nc2ccccc2s1.CC(C)c1nc2ccccc2s1. The standard InChI is InChI=1S/C11H14N2.2C11H12O.2C10H11NO.2C10H11NS/c1-8(2)11-12-9-6-4-5-7-10(9)13(11)3;2*1-8(2)11-7-9-5-3-4-6-10(9)12-11;4*1-7(2)10-11-8-5-3-4-6-9(8)12-10/h4-8H,1-3H3;2*3-8H,1-2H3;4*3-7H,1-2H3. The molecule has 14 aromatic rings. The van der Waals surface area contributed by atoms with Crippen LogP contribution in [0.2, 0.25) is 0 Å². The van der Waals surface area contributed by atoms with Gasteiger partial charge in [-0.15, -0.1) is 22.7 Å². The first-order valence-electron chi connectivity index (χ1n) is 29.6. The maximum atomic E-state index is 5.63. The minimum absolute atomic E-state index is 0.359. The highest BCUT2D eigenvalue weighted by molar-refractivity contribution is 7.19. The highest BCUT2D eigenvalue weighted by Crippen LogP contribution is 2.30. The van der Waals surface area contributed by atoms with Gasteiger partial charge in [0.2, 0.25) is 0 Å². The molecule has 12 heteroatoms. The van der Waals surface area contributed by atoms with Crippen molar-refractivity contribution in [3.63, 3.8) is 0 Å². The van der Waals surface area contributed by atoms with Gasteiger partial charge in [0.05, 0.1) is 41.5 Å². The van der Waals surface area contributed by atoms with Crippen LogP contribution in [0.4, 0.5) is 0 Å². The Hall–Kier alpha value is -8.19. The fraction of sp³-hybridized carbons (Fsp3) is 0.301. The van der Waals surface area contributed by atoms with Gasteiger partial charge in [-0.1, -0.05) is 194 Å². The van der Waals surface area contributed by atoms with Gasteiger partial charge in [-0.2, -0.15) is 0 Å². The van der Waals surface area contributed by atoms with Crippen molar-refractivity contribution in [1.82, 2.24) is 29.5 Å². The average molecular weight is 1170 g/mol. The highest BCUT2D eigenvalue weighted by Gasteiger charge is 2.12. The number of benzene rings is 7. The summed E-state index contributed by atoms with van der Waals surface area (Å²) >= 11 is 3.59. The van der Waals surface area contributed by atoms with Crippen LogP contribution in [-0.4, -0.2) is 29.5 Å². The number of aromatic nitrogens is 6. The van der Waals surface area contributed by atoms with E-state index in [1.165, 1.54) is 35.7 Å². The average Bonchev–Trinajstić information content (AvgIpc) is 4.57. The van der Waals surface area contributed by atoms with E-state index in [9.17, 15) is 0 Å². The number of imidazole rings is 1. The molecule has 7 aromatic carbocycles. The maximum absolute atomic E-state index is 5.63. The monoisotopic (exact) mass is 1170 g/mol. The van der Waals surface area contributed by atoms with E-state index in [4.69, 9.17) is 17.7 Å². The molecule has 0 bridgehead atoms. The molecule has 0 unspecified atom stereocenters. The van der Waals surface area contributed by atoms with Crippen LogP contribution in [-0.2, 0) is 7.05 Å². The van der Waals surface area contributed by atoms with Gasteiger partial charge >= 0.3 is 0 Å². The highest BCUT2D eigenvalue weighted by atomic mass is 32.1. The topological polar surface area (TPSA) is 122 Å². The quantitative estimate of drug-likeness (QED) is 0.153. The van der Waals surface area contributed by atoms with Gasteiger partial charge in [-0.3, -0.25) is 0 Å². The van der Waals surface area contributed by atoms with Crippen molar-refractivity contribution in [2.75, 3.05) is 0 Å². The van der Waals surface area contributed by atoms with E-state index in [0.717, 1.165) is 79.0 Å². The molecule has 0 aliphatic heterocycles. The number of oxazole rings is 2. The second-order valence-electron chi connectivity index (χ2n) is 23.1. The molecule has 0 saturated heterocycles. The lowest BCUT2D eigenvalue weighted by Crippen LogP contribution is -1.99. The Balaban J connectivity index is 0.000000129. The Kier molecular flexibility index (Phi) is 21.9. The zero-order valence-electron chi connectivity index (χ0n) is 52.0. The molecule has 0 aliphatic carbocycles. The Morgan fingerprint density at radius 1 is 0.318 bits per heavy atom. The number of hydrogen-bond acceptors (Lipinski definition) is 11. The number of aryl methyl sites for hydroxylation is 1. The maximum Gasteiger partial charge on any atom is 0.198 e. The van der Waals surface area contributed by atoms with Crippen molar-refractivity contribution < 1.29 is 17.7 Å². The lowest BCUT2D eigenvalue weighted by atomic mass is 10.1. The fourth-order valence-corrected chi connectivity index (χ4v) is 10.7. The van der Waals surface area contributed by atoms with E-state index < -0.39 is 0 Å². The van der Waals surface area contributed by atoms with Crippen molar-refractivity contribution >= 4 is 98.3 Å². The minimum atomic E-state index is 0.359. The molecular formula is C73H82N6O4S2. The van der Waals surface area contributed by atoms with E-state index >= 15 is 0 Å². The van der Waals surface area contributed by atoms with E-state index in [1.807, 2.05) is 109 Å². The molecule has 7 aromatic heterocycles. The van der Waals surface area contributed by atoms with Gasteiger partial charge in [-0.05, 0) is 84.9 Å². The number of hydrogen-bond donors (Lipinski definition) is 0. The van der Waals surface area contributed by atoms with Gasteiger partial charge in [0.1, 0.15) is 39.5 Å². The summed E-state index contributed by atoms with van der Waals surface area (Å²) in [4.78, 5) is 22.3. The predicted molar refractivity (Wildman–Crippen MR) is 359 cm³/mol. The first-order valence-corrected chi connectivity index (χ1v) is 31.3. The molecular weight excluding hydrogens is 1090 g/mol. The Morgan fingerprint density at radius 2 is 0.671 bits per heavy atom. The van der Waals surface area contributed by atoms with Crippen molar-refractivity contribution in [1.29, 1.82) is 0 Å². The summed E-state index contributed by atoms with van der Waals surface area (Å²) in [6.07, 6.45) is 0. The molecule has 0 radical (unpaired) electrons. The number of para-hydroxylation sites is 10. The Morgan fingerprint density at radius 3 is 1.01 bits per heavy atom. The van der Waals surface area contributed by atoms with Crippen molar-refractivity contribution in [2.24, 2.45) is 7.05 Å². The smallest absolute Gasteiger partial charge is 0.198 e. The summed E-state index contributed by atoms with van der Waals surface area (Å²) in [5, 5.41) is 4.86. The first kappa shape index (κ1) is 62.8. The second-order valence-corrected chi connectivity index (χ2v) is 25.2. The normalized spacial score (nSPS) is 11.3. The summed E-state index contributed by atoms with van der Waals surface area (Å²) in [7, 11) is 2.07. The zero-order valence-corrected chi connectivity index (χ0v) is 53.6.